The van der Waals surface area contributed by atoms with E-state index in [1.807, 2.05) is 49.4 Å². The molecule has 208 valence electrons. The van der Waals surface area contributed by atoms with E-state index in [0.717, 1.165) is 11.1 Å². The fourth-order valence-electron chi connectivity index (χ4n) is 5.33. The van der Waals surface area contributed by atoms with Crippen LogP contribution >= 0.6 is 11.8 Å². The van der Waals surface area contributed by atoms with Crippen LogP contribution in [0.15, 0.2) is 72.8 Å². The number of nitrogens with zero attached hydrogens (tertiary/aromatic N) is 2. The number of aliphatic hydroxyl groups is 1. The van der Waals surface area contributed by atoms with E-state index in [4.69, 9.17) is 5.73 Å². The van der Waals surface area contributed by atoms with E-state index in [2.05, 4.69) is 5.32 Å². The van der Waals surface area contributed by atoms with Crippen molar-refractivity contribution in [2.24, 2.45) is 0 Å². The Hall–Kier alpha value is -4.02. The quantitative estimate of drug-likeness (QED) is 0.246. The number of thioether (sulfide) groups is 1. The number of β-lactam (4-membered cyclic amide) rings is 1. The smallest absolute Gasteiger partial charge is 0.255 e. The third-order valence-electron chi connectivity index (χ3n) is 7.75. The van der Waals surface area contributed by atoms with Crippen molar-refractivity contribution in [3.05, 3.63) is 95.1 Å². The predicted octanol–water partition coefficient (Wildman–Crippen LogP) is 2.64. The molecule has 3 amide bonds. The maximum Gasteiger partial charge on any atom is 0.255 e. The third kappa shape index (κ3) is 5.00. The number of likely N-dealkylation sites (tertiary alicyclic amines) is 1. The van der Waals surface area contributed by atoms with Crippen molar-refractivity contribution < 1.29 is 24.6 Å². The van der Waals surface area contributed by atoms with E-state index in [-0.39, 0.29) is 29.5 Å². The van der Waals surface area contributed by atoms with Crippen LogP contribution in [-0.4, -0.2) is 66.7 Å². The van der Waals surface area contributed by atoms with Crippen molar-refractivity contribution in [3.63, 3.8) is 0 Å². The minimum Gasteiger partial charge on any atom is -0.508 e. The zero-order chi connectivity index (χ0) is 28.6. The lowest BCUT2D eigenvalue weighted by Gasteiger charge is -2.52. The van der Waals surface area contributed by atoms with E-state index < -0.39 is 34.9 Å². The number of fused-ring (bicyclic) bond motifs is 1. The molecule has 3 aromatic carbocycles. The number of carbonyl (C=O) groups excluding carboxylic acids is 3. The monoisotopic (exact) mass is 560 g/mol. The number of carbonyl (C=O) groups is 3. The van der Waals surface area contributed by atoms with Gasteiger partial charge >= 0.3 is 0 Å². The Morgan fingerprint density at radius 1 is 1.07 bits per heavy atom. The van der Waals surface area contributed by atoms with Crippen LogP contribution in [0.2, 0.25) is 0 Å². The second-order valence-electron chi connectivity index (χ2n) is 10.4. The standard InChI is InChI=1S/C30H32N4O5S/c1-18-22(9-6-10-24(18)35)27(37)32-23(15-19-7-4-3-5-8-19)25(36)28(38)33-17-40-30(2)26(33)29(39)34(30)16-20-11-13-21(31)14-12-20/h3-14,23,25-26,35-36H,15-17,31H2,1-2H3,(H,32,37)/t23-,25-,26+,30?/m0/s1. The van der Waals surface area contributed by atoms with Gasteiger partial charge in [0.2, 0.25) is 5.91 Å². The summed E-state index contributed by atoms with van der Waals surface area (Å²) in [6.07, 6.45) is -1.40. The Kier molecular flexibility index (Phi) is 7.48. The highest BCUT2D eigenvalue weighted by molar-refractivity contribution is 8.01. The van der Waals surface area contributed by atoms with Gasteiger partial charge in [0.1, 0.15) is 16.7 Å². The molecule has 0 aliphatic carbocycles. The number of nitrogens with two attached hydrogens (primary N) is 1. The molecule has 9 nitrogen and oxygen atoms in total. The Balaban J connectivity index is 1.34. The molecule has 10 heteroatoms. The molecule has 5 N–H and O–H groups in total. The zero-order valence-corrected chi connectivity index (χ0v) is 23.1. The van der Waals surface area contributed by atoms with Gasteiger partial charge in [0.15, 0.2) is 6.10 Å². The number of nitrogen functional groups attached to an aromatic ring is 1. The number of aromatic hydroxyl groups is 1. The normalized spacial score (nSPS) is 21.4. The van der Waals surface area contributed by atoms with Crippen molar-refractivity contribution in [3.8, 4) is 5.75 Å². The summed E-state index contributed by atoms with van der Waals surface area (Å²) in [6.45, 7) is 3.94. The molecule has 2 saturated heterocycles. The Labute approximate surface area is 237 Å². The number of benzene rings is 3. The minimum atomic E-state index is -1.59. The average molecular weight is 561 g/mol. The molecule has 0 spiro atoms. The van der Waals surface area contributed by atoms with Gasteiger partial charge in [0.05, 0.1) is 11.9 Å². The molecule has 4 atom stereocenters. The SMILES string of the molecule is Cc1c(O)cccc1C(=O)N[C@@H](Cc1ccccc1)[C@H](O)C(=O)N1CSC2(C)[C@H]1C(=O)N2Cc1ccc(N)cc1. The number of nitrogens with one attached hydrogen (secondary N) is 1. The van der Waals surface area contributed by atoms with Crippen molar-refractivity contribution in [1.29, 1.82) is 0 Å². The fraction of sp³-hybridized carbons (Fsp3) is 0.300. The second kappa shape index (κ2) is 10.9. The summed E-state index contributed by atoms with van der Waals surface area (Å²) >= 11 is 1.47. The number of anilines is 1. The fourth-order valence-corrected chi connectivity index (χ4v) is 6.70. The summed E-state index contributed by atoms with van der Waals surface area (Å²) in [4.78, 5) is 42.7. The average Bonchev–Trinajstić information content (AvgIpc) is 3.27. The van der Waals surface area contributed by atoms with Gasteiger partial charge in [-0.25, -0.2) is 0 Å². The first-order valence-corrected chi connectivity index (χ1v) is 14.0. The molecule has 0 bridgehead atoms. The zero-order valence-electron chi connectivity index (χ0n) is 22.3. The summed E-state index contributed by atoms with van der Waals surface area (Å²) in [5, 5.41) is 24.2. The molecule has 1 unspecified atom stereocenters. The van der Waals surface area contributed by atoms with Gasteiger partial charge in [-0.3, -0.25) is 14.4 Å². The first kappa shape index (κ1) is 27.5. The lowest BCUT2D eigenvalue weighted by molar-refractivity contribution is -0.168. The number of amides is 3. The Morgan fingerprint density at radius 3 is 2.48 bits per heavy atom. The summed E-state index contributed by atoms with van der Waals surface area (Å²) < 4.78 is 0. The molecule has 2 aliphatic heterocycles. The Bertz CT molecular complexity index is 1430. The van der Waals surface area contributed by atoms with Crippen LogP contribution in [0.4, 0.5) is 5.69 Å². The van der Waals surface area contributed by atoms with Crippen LogP contribution < -0.4 is 11.1 Å². The largest absolute Gasteiger partial charge is 0.508 e. The molecule has 3 aromatic rings. The van der Waals surface area contributed by atoms with E-state index >= 15 is 0 Å². The van der Waals surface area contributed by atoms with E-state index in [1.54, 1.807) is 36.1 Å². The molecule has 0 saturated carbocycles. The highest BCUT2D eigenvalue weighted by atomic mass is 32.2. The van der Waals surface area contributed by atoms with Gasteiger partial charge in [-0.2, -0.15) is 0 Å². The van der Waals surface area contributed by atoms with Crippen LogP contribution in [0.3, 0.4) is 0 Å². The second-order valence-corrected chi connectivity index (χ2v) is 11.7. The molecule has 0 radical (unpaired) electrons. The lowest BCUT2D eigenvalue weighted by Crippen LogP contribution is -2.73. The molecule has 0 aromatic heterocycles. The number of aliphatic hydroxyl groups excluding tert-OH is 1. The lowest BCUT2D eigenvalue weighted by atomic mass is 9.92. The van der Waals surface area contributed by atoms with Crippen molar-refractivity contribution >= 4 is 35.2 Å². The summed E-state index contributed by atoms with van der Waals surface area (Å²) in [6, 6.07) is 19.5. The predicted molar refractivity (Wildman–Crippen MR) is 153 cm³/mol. The third-order valence-corrected chi connectivity index (χ3v) is 9.19. The number of hydrogen-bond donors (Lipinski definition) is 4. The molecule has 40 heavy (non-hydrogen) atoms. The first-order valence-electron chi connectivity index (χ1n) is 13.0. The van der Waals surface area contributed by atoms with Crippen LogP contribution in [0, 0.1) is 6.92 Å². The Morgan fingerprint density at radius 2 is 1.77 bits per heavy atom. The van der Waals surface area contributed by atoms with Crippen LogP contribution in [0.25, 0.3) is 0 Å². The van der Waals surface area contributed by atoms with Crippen molar-refractivity contribution in [2.45, 2.75) is 49.9 Å². The van der Waals surface area contributed by atoms with Gasteiger partial charge in [-0.1, -0.05) is 48.5 Å². The number of phenols is 1. The summed E-state index contributed by atoms with van der Waals surface area (Å²) in [5.41, 5.74) is 8.81. The van der Waals surface area contributed by atoms with Crippen LogP contribution in [0.5, 0.6) is 5.75 Å². The van der Waals surface area contributed by atoms with Crippen molar-refractivity contribution in [2.75, 3.05) is 11.6 Å². The number of rotatable bonds is 8. The van der Waals surface area contributed by atoms with Gasteiger partial charge in [-0.15, -0.1) is 11.8 Å². The van der Waals surface area contributed by atoms with Crippen LogP contribution in [-0.2, 0) is 22.6 Å². The maximum atomic E-state index is 13.7. The molecule has 2 aliphatic rings. The summed E-state index contributed by atoms with van der Waals surface area (Å²) in [7, 11) is 0. The molecular formula is C30H32N4O5S. The minimum absolute atomic E-state index is 0.0238. The van der Waals surface area contributed by atoms with Gasteiger partial charge in [0, 0.05) is 23.4 Å². The van der Waals surface area contributed by atoms with E-state index in [9.17, 15) is 24.6 Å². The highest BCUT2D eigenvalue weighted by Gasteiger charge is 2.65. The maximum absolute atomic E-state index is 13.7. The number of hydrogen-bond acceptors (Lipinski definition) is 7. The molecule has 2 fully saturated rings. The van der Waals surface area contributed by atoms with Gasteiger partial charge in [0.25, 0.3) is 11.8 Å². The van der Waals surface area contributed by atoms with Crippen LogP contribution in [0.1, 0.15) is 34.0 Å². The molecule has 5 rings (SSSR count). The van der Waals surface area contributed by atoms with E-state index in [0.29, 0.717) is 17.8 Å². The highest BCUT2D eigenvalue weighted by Crippen LogP contribution is 2.51. The van der Waals surface area contributed by atoms with Gasteiger partial charge in [-0.05, 0) is 55.7 Å². The topological polar surface area (TPSA) is 136 Å². The molecule has 2 heterocycles. The molecular weight excluding hydrogens is 528 g/mol. The first-order chi connectivity index (χ1) is 19.1. The summed E-state index contributed by atoms with van der Waals surface area (Å²) in [5.74, 6) is -1.11. The van der Waals surface area contributed by atoms with E-state index in [1.165, 1.54) is 22.7 Å². The van der Waals surface area contributed by atoms with Gasteiger partial charge < -0.3 is 31.1 Å². The number of phenolic OH excluding ortho intramolecular Hbond substituents is 1. The van der Waals surface area contributed by atoms with Crippen molar-refractivity contribution in [1.82, 2.24) is 15.1 Å².